The van der Waals surface area contributed by atoms with Crippen molar-refractivity contribution < 1.29 is 9.47 Å². The van der Waals surface area contributed by atoms with Gasteiger partial charge in [0.2, 0.25) is 5.88 Å². The van der Waals surface area contributed by atoms with Gasteiger partial charge in [0.05, 0.1) is 6.61 Å². The van der Waals surface area contributed by atoms with Crippen LogP contribution in [0.25, 0.3) is 11.3 Å². The van der Waals surface area contributed by atoms with E-state index >= 15 is 0 Å². The molecule has 1 aromatic heterocycles. The molecule has 2 heterocycles. The fraction of sp³-hybridized carbons (Fsp3) is 0.286. The number of fused-ring (bicyclic) bond motifs is 3. The van der Waals surface area contributed by atoms with Crippen molar-refractivity contribution in [1.82, 2.24) is 15.2 Å². The summed E-state index contributed by atoms with van der Waals surface area (Å²) in [6, 6.07) is 16.4. The zero-order chi connectivity index (χ0) is 18.6. The van der Waals surface area contributed by atoms with Crippen molar-refractivity contribution in [3.8, 4) is 23.1 Å². The summed E-state index contributed by atoms with van der Waals surface area (Å²) < 4.78 is 11.8. The van der Waals surface area contributed by atoms with Gasteiger partial charge in [0, 0.05) is 16.8 Å². The lowest BCUT2D eigenvalue weighted by atomic mass is 10.1. The minimum Gasteiger partial charge on any atom is -0.462 e. The summed E-state index contributed by atoms with van der Waals surface area (Å²) >= 11 is 0. The maximum atomic E-state index is 6.21. The fourth-order valence-corrected chi connectivity index (χ4v) is 2.91. The number of aryl methyl sites for hydroxylation is 1. The standard InChI is InChI=1S/C21H22N4O2/c1-3-4-13-26-21-23-20-18(24-25-21)16-7-5-6-8-17(16)22-19(27-20)15-11-9-14(2)10-12-15/h5-12,19,22H,3-4,13H2,1-2H3. The van der Waals surface area contributed by atoms with Gasteiger partial charge >= 0.3 is 6.01 Å². The van der Waals surface area contributed by atoms with E-state index in [9.17, 15) is 0 Å². The number of hydrogen-bond acceptors (Lipinski definition) is 6. The lowest BCUT2D eigenvalue weighted by Crippen LogP contribution is -2.17. The van der Waals surface area contributed by atoms with Crippen LogP contribution in [0, 0.1) is 6.92 Å². The predicted octanol–water partition coefficient (Wildman–Crippen LogP) is 4.53. The normalized spacial score (nSPS) is 15.0. The molecular formula is C21H22N4O2. The molecule has 1 N–H and O–H groups in total. The molecule has 27 heavy (non-hydrogen) atoms. The van der Waals surface area contributed by atoms with E-state index in [0.717, 1.165) is 29.7 Å². The van der Waals surface area contributed by atoms with Crippen molar-refractivity contribution in [2.75, 3.05) is 11.9 Å². The number of nitrogens with one attached hydrogen (secondary N) is 1. The van der Waals surface area contributed by atoms with E-state index < -0.39 is 0 Å². The molecule has 2 aromatic carbocycles. The van der Waals surface area contributed by atoms with Crippen LogP contribution in [0.3, 0.4) is 0 Å². The third-order valence-electron chi connectivity index (χ3n) is 4.44. The molecule has 3 aromatic rings. The molecule has 0 amide bonds. The van der Waals surface area contributed by atoms with Crippen molar-refractivity contribution in [3.05, 3.63) is 59.7 Å². The van der Waals surface area contributed by atoms with Crippen LogP contribution in [-0.2, 0) is 0 Å². The Morgan fingerprint density at radius 1 is 1.07 bits per heavy atom. The van der Waals surface area contributed by atoms with Crippen LogP contribution in [0.2, 0.25) is 0 Å². The smallest absolute Gasteiger partial charge is 0.339 e. The van der Waals surface area contributed by atoms with E-state index in [2.05, 4.69) is 46.5 Å². The van der Waals surface area contributed by atoms with Crippen LogP contribution in [0.4, 0.5) is 5.69 Å². The molecule has 0 saturated heterocycles. The summed E-state index contributed by atoms with van der Waals surface area (Å²) in [5.74, 6) is 0.416. The first-order chi connectivity index (χ1) is 13.2. The van der Waals surface area contributed by atoms with Gasteiger partial charge in [-0.1, -0.05) is 66.5 Å². The first kappa shape index (κ1) is 17.3. The number of para-hydroxylation sites is 1. The maximum Gasteiger partial charge on any atom is 0.339 e. The Kier molecular flexibility index (Phi) is 4.87. The van der Waals surface area contributed by atoms with Crippen LogP contribution in [0.1, 0.15) is 37.1 Å². The Morgan fingerprint density at radius 2 is 1.89 bits per heavy atom. The monoisotopic (exact) mass is 362 g/mol. The number of benzene rings is 2. The van der Waals surface area contributed by atoms with Crippen molar-refractivity contribution in [1.29, 1.82) is 0 Å². The molecule has 0 spiro atoms. The van der Waals surface area contributed by atoms with Crippen LogP contribution in [-0.4, -0.2) is 21.8 Å². The van der Waals surface area contributed by atoms with Gasteiger partial charge in [0.1, 0.15) is 0 Å². The fourth-order valence-electron chi connectivity index (χ4n) is 2.91. The van der Waals surface area contributed by atoms with E-state index in [0.29, 0.717) is 18.2 Å². The summed E-state index contributed by atoms with van der Waals surface area (Å²) in [6.45, 7) is 4.73. The van der Waals surface area contributed by atoms with Gasteiger partial charge in [0.15, 0.2) is 11.9 Å². The van der Waals surface area contributed by atoms with Crippen LogP contribution in [0.15, 0.2) is 48.5 Å². The molecule has 0 saturated carbocycles. The quantitative estimate of drug-likeness (QED) is 0.673. The highest BCUT2D eigenvalue weighted by Crippen LogP contribution is 2.39. The molecule has 138 valence electrons. The SMILES string of the molecule is CCCCOc1nnc2c(n1)OC(c1ccc(C)cc1)Nc1ccccc1-2. The number of hydrogen-bond donors (Lipinski definition) is 1. The molecular weight excluding hydrogens is 340 g/mol. The average Bonchev–Trinajstić information content (AvgIpc) is 2.85. The van der Waals surface area contributed by atoms with Gasteiger partial charge in [-0.15, -0.1) is 5.10 Å². The van der Waals surface area contributed by atoms with E-state index in [1.807, 2.05) is 36.4 Å². The van der Waals surface area contributed by atoms with Gasteiger partial charge in [-0.2, -0.15) is 4.98 Å². The molecule has 0 fully saturated rings. The molecule has 0 aliphatic carbocycles. The topological polar surface area (TPSA) is 69.2 Å². The lowest BCUT2D eigenvalue weighted by molar-refractivity contribution is 0.217. The van der Waals surface area contributed by atoms with Crippen molar-refractivity contribution in [3.63, 3.8) is 0 Å². The first-order valence-electron chi connectivity index (χ1n) is 9.21. The predicted molar refractivity (Wildman–Crippen MR) is 104 cm³/mol. The molecule has 1 aliphatic heterocycles. The summed E-state index contributed by atoms with van der Waals surface area (Å²) in [7, 11) is 0. The third kappa shape index (κ3) is 3.69. The Bertz CT molecular complexity index is 928. The second kappa shape index (κ2) is 7.61. The van der Waals surface area contributed by atoms with E-state index in [4.69, 9.17) is 9.47 Å². The minimum atomic E-state index is -0.381. The van der Waals surface area contributed by atoms with Gasteiger partial charge in [-0.3, -0.25) is 0 Å². The van der Waals surface area contributed by atoms with Crippen LogP contribution >= 0.6 is 0 Å². The molecule has 4 rings (SSSR count). The van der Waals surface area contributed by atoms with E-state index in [1.54, 1.807) is 0 Å². The lowest BCUT2D eigenvalue weighted by Gasteiger charge is -2.19. The van der Waals surface area contributed by atoms with Gasteiger partial charge in [0.25, 0.3) is 0 Å². The Balaban J connectivity index is 1.73. The van der Waals surface area contributed by atoms with E-state index in [-0.39, 0.29) is 12.2 Å². The number of nitrogens with zero attached hydrogens (tertiary/aromatic N) is 3. The molecule has 0 radical (unpaired) electrons. The molecule has 1 aliphatic rings. The highest BCUT2D eigenvalue weighted by Gasteiger charge is 2.26. The van der Waals surface area contributed by atoms with Gasteiger partial charge in [-0.05, 0) is 19.4 Å². The van der Waals surface area contributed by atoms with E-state index in [1.165, 1.54) is 5.56 Å². The molecule has 6 heteroatoms. The number of rotatable bonds is 5. The summed E-state index contributed by atoms with van der Waals surface area (Å²) in [5.41, 5.74) is 4.65. The number of unbranched alkanes of at least 4 members (excludes halogenated alkanes) is 1. The zero-order valence-electron chi connectivity index (χ0n) is 15.5. The second-order valence-corrected chi connectivity index (χ2v) is 6.55. The molecule has 1 unspecified atom stereocenters. The Labute approximate surface area is 158 Å². The minimum absolute atomic E-state index is 0.240. The second-order valence-electron chi connectivity index (χ2n) is 6.55. The number of ether oxygens (including phenoxy) is 2. The van der Waals surface area contributed by atoms with Crippen LogP contribution in [0.5, 0.6) is 11.9 Å². The van der Waals surface area contributed by atoms with Gasteiger partial charge in [-0.25, -0.2) is 0 Å². The third-order valence-corrected chi connectivity index (χ3v) is 4.44. The Hall–Kier alpha value is -3.15. The molecule has 1 atom stereocenters. The van der Waals surface area contributed by atoms with Crippen LogP contribution < -0.4 is 14.8 Å². The summed E-state index contributed by atoms with van der Waals surface area (Å²) in [6.07, 6.45) is 1.60. The van der Waals surface area contributed by atoms with Crippen molar-refractivity contribution in [2.24, 2.45) is 0 Å². The van der Waals surface area contributed by atoms with Gasteiger partial charge < -0.3 is 14.8 Å². The number of anilines is 1. The van der Waals surface area contributed by atoms with Crippen molar-refractivity contribution in [2.45, 2.75) is 32.9 Å². The molecule has 6 nitrogen and oxygen atoms in total. The highest BCUT2D eigenvalue weighted by atomic mass is 16.5. The number of aromatic nitrogens is 3. The zero-order valence-corrected chi connectivity index (χ0v) is 15.5. The largest absolute Gasteiger partial charge is 0.462 e. The maximum absolute atomic E-state index is 6.21. The summed E-state index contributed by atoms with van der Waals surface area (Å²) in [4.78, 5) is 4.48. The van der Waals surface area contributed by atoms with Crippen molar-refractivity contribution >= 4 is 5.69 Å². The highest BCUT2D eigenvalue weighted by molar-refractivity contribution is 5.79. The molecule has 0 bridgehead atoms. The average molecular weight is 362 g/mol. The summed E-state index contributed by atoms with van der Waals surface area (Å²) in [5, 5.41) is 11.9. The Morgan fingerprint density at radius 3 is 2.70 bits per heavy atom. The first-order valence-corrected chi connectivity index (χ1v) is 9.21.